The van der Waals surface area contributed by atoms with Crippen molar-refractivity contribution in [1.29, 1.82) is 0 Å². The number of anilines is 1. The number of benzene rings is 1. The highest BCUT2D eigenvalue weighted by atomic mass is 16.5. The molecule has 1 radical (unpaired) electrons. The van der Waals surface area contributed by atoms with Gasteiger partial charge in [0.05, 0.1) is 12.3 Å². The molecule has 2 amide bonds. The molecule has 0 spiro atoms. The summed E-state index contributed by atoms with van der Waals surface area (Å²) in [5.74, 6) is 1.29. The lowest BCUT2D eigenvalue weighted by Crippen LogP contribution is -2.38. The van der Waals surface area contributed by atoms with Gasteiger partial charge in [-0.15, -0.1) is 0 Å². The van der Waals surface area contributed by atoms with E-state index in [0.717, 1.165) is 24.1 Å². The molecule has 0 atom stereocenters. The summed E-state index contributed by atoms with van der Waals surface area (Å²) in [7, 11) is 1.73. The zero-order chi connectivity index (χ0) is 19.5. The van der Waals surface area contributed by atoms with Crippen molar-refractivity contribution in [3.63, 3.8) is 0 Å². The lowest BCUT2D eigenvalue weighted by atomic mass is 10.1. The van der Waals surface area contributed by atoms with Gasteiger partial charge in [-0.2, -0.15) is 0 Å². The van der Waals surface area contributed by atoms with E-state index in [4.69, 9.17) is 4.74 Å². The molecule has 0 aliphatic rings. The normalized spacial score (nSPS) is 10.5. The summed E-state index contributed by atoms with van der Waals surface area (Å²) in [6.07, 6.45) is 5.86. The Balaban J connectivity index is 1.97. The number of rotatable bonds is 10. The number of amides is 2. The van der Waals surface area contributed by atoms with Crippen molar-refractivity contribution in [3.05, 3.63) is 42.5 Å². The van der Waals surface area contributed by atoms with Crippen molar-refractivity contribution in [3.8, 4) is 17.0 Å². The molecule has 1 heterocycles. The molecule has 2 aromatic rings. The van der Waals surface area contributed by atoms with Crippen LogP contribution in [0, 0.1) is 6.07 Å². The van der Waals surface area contributed by atoms with Crippen LogP contribution in [0.2, 0.25) is 0 Å². The molecule has 27 heavy (non-hydrogen) atoms. The van der Waals surface area contributed by atoms with Crippen LogP contribution in [0.4, 0.5) is 10.6 Å². The average Bonchev–Trinajstić information content (AvgIpc) is 2.70. The topological polar surface area (TPSA) is 54.5 Å². The van der Waals surface area contributed by atoms with E-state index in [-0.39, 0.29) is 6.03 Å². The Morgan fingerprint density at radius 3 is 2.67 bits per heavy atom. The molecule has 1 aromatic heterocycles. The SMILES string of the molecule is CCCCCCCNC(=O)N(C)c1cccc(-c2[c]c(OCC)ccc2)n1. The molecule has 0 aliphatic carbocycles. The zero-order valence-corrected chi connectivity index (χ0v) is 16.6. The Hall–Kier alpha value is -2.56. The van der Waals surface area contributed by atoms with E-state index in [9.17, 15) is 4.79 Å². The summed E-state index contributed by atoms with van der Waals surface area (Å²) in [4.78, 5) is 18.5. The van der Waals surface area contributed by atoms with Gasteiger partial charge in [-0.1, -0.05) is 50.8 Å². The summed E-state index contributed by atoms with van der Waals surface area (Å²) in [6.45, 7) is 5.42. The van der Waals surface area contributed by atoms with Gasteiger partial charge < -0.3 is 10.1 Å². The number of aromatic nitrogens is 1. The second-order valence-corrected chi connectivity index (χ2v) is 6.45. The third-order valence-electron chi connectivity index (χ3n) is 4.28. The van der Waals surface area contributed by atoms with E-state index < -0.39 is 0 Å². The molecule has 1 N–H and O–H groups in total. The van der Waals surface area contributed by atoms with Crippen LogP contribution in [0.25, 0.3) is 11.3 Å². The molecule has 2 rings (SSSR count). The summed E-state index contributed by atoms with van der Waals surface area (Å²) < 4.78 is 5.51. The molecular weight excluding hydrogens is 338 g/mol. The summed E-state index contributed by atoms with van der Waals surface area (Å²) in [5, 5.41) is 2.96. The first-order valence-electron chi connectivity index (χ1n) is 9.79. The Labute approximate surface area is 162 Å². The minimum absolute atomic E-state index is 0.137. The predicted molar refractivity (Wildman–Crippen MR) is 110 cm³/mol. The lowest BCUT2D eigenvalue weighted by Gasteiger charge is -2.18. The molecule has 0 fully saturated rings. The van der Waals surface area contributed by atoms with Gasteiger partial charge in [0.25, 0.3) is 0 Å². The van der Waals surface area contributed by atoms with E-state index in [1.54, 1.807) is 11.9 Å². The molecule has 0 aliphatic heterocycles. The minimum atomic E-state index is -0.137. The van der Waals surface area contributed by atoms with Crippen molar-refractivity contribution in [1.82, 2.24) is 10.3 Å². The zero-order valence-electron chi connectivity index (χ0n) is 16.6. The molecule has 0 saturated heterocycles. The second-order valence-electron chi connectivity index (χ2n) is 6.45. The van der Waals surface area contributed by atoms with Crippen LogP contribution < -0.4 is 15.0 Å². The standard InChI is InChI=1S/C22H30N3O2/c1-4-6-7-8-9-16-23-22(26)25(3)21-15-11-14-20(24-21)18-12-10-13-19(17-18)27-5-2/h10-15H,4-9,16H2,1-3H3,(H,23,26). The molecule has 0 unspecified atom stereocenters. The van der Waals surface area contributed by atoms with Gasteiger partial charge >= 0.3 is 6.03 Å². The summed E-state index contributed by atoms with van der Waals surface area (Å²) in [5.41, 5.74) is 1.60. The number of carbonyl (C=O) groups is 1. The largest absolute Gasteiger partial charge is 0.493 e. The number of nitrogens with zero attached hydrogens (tertiary/aromatic N) is 2. The van der Waals surface area contributed by atoms with Crippen LogP contribution in [0.1, 0.15) is 46.0 Å². The molecule has 5 nitrogen and oxygen atoms in total. The van der Waals surface area contributed by atoms with E-state index in [1.165, 1.54) is 19.3 Å². The number of unbranched alkanes of at least 4 members (excludes halogenated alkanes) is 4. The maximum Gasteiger partial charge on any atom is 0.322 e. The van der Waals surface area contributed by atoms with Crippen molar-refractivity contribution in [2.45, 2.75) is 46.0 Å². The average molecular weight is 369 g/mol. The second kappa shape index (κ2) is 11.2. The Morgan fingerprint density at radius 1 is 1.11 bits per heavy atom. The van der Waals surface area contributed by atoms with E-state index >= 15 is 0 Å². The van der Waals surface area contributed by atoms with Crippen LogP contribution in [0.5, 0.6) is 5.75 Å². The van der Waals surface area contributed by atoms with E-state index in [0.29, 0.717) is 24.7 Å². The number of urea groups is 1. The van der Waals surface area contributed by atoms with Gasteiger partial charge in [0, 0.05) is 25.2 Å². The Morgan fingerprint density at radius 2 is 1.89 bits per heavy atom. The molecular formula is C22H30N3O2. The van der Waals surface area contributed by atoms with Gasteiger partial charge in [0.1, 0.15) is 11.6 Å². The van der Waals surface area contributed by atoms with Crippen LogP contribution >= 0.6 is 0 Å². The smallest absolute Gasteiger partial charge is 0.322 e. The maximum absolute atomic E-state index is 12.4. The highest BCUT2D eigenvalue weighted by Gasteiger charge is 2.12. The number of hydrogen-bond acceptors (Lipinski definition) is 3. The highest BCUT2D eigenvalue weighted by molar-refractivity contribution is 5.90. The number of ether oxygens (including phenoxy) is 1. The predicted octanol–water partition coefficient (Wildman–Crippen LogP) is 5.06. The number of pyridine rings is 1. The summed E-state index contributed by atoms with van der Waals surface area (Å²) >= 11 is 0. The Kier molecular flexibility index (Phi) is 8.62. The highest BCUT2D eigenvalue weighted by Crippen LogP contribution is 2.23. The van der Waals surface area contributed by atoms with Crippen LogP contribution in [0.3, 0.4) is 0 Å². The van der Waals surface area contributed by atoms with Gasteiger partial charge in [0.15, 0.2) is 0 Å². The minimum Gasteiger partial charge on any atom is -0.493 e. The third kappa shape index (κ3) is 6.59. The fraction of sp³-hybridized carbons (Fsp3) is 0.455. The molecule has 0 bridgehead atoms. The first kappa shape index (κ1) is 20.7. The number of hydrogen-bond donors (Lipinski definition) is 1. The first-order chi connectivity index (χ1) is 13.2. The van der Waals surface area contributed by atoms with E-state index in [1.807, 2.05) is 43.3 Å². The van der Waals surface area contributed by atoms with Gasteiger partial charge in [-0.3, -0.25) is 4.90 Å². The number of nitrogens with one attached hydrogen (secondary N) is 1. The quantitative estimate of drug-likeness (QED) is 0.596. The van der Waals surface area contributed by atoms with Crippen LogP contribution in [-0.4, -0.2) is 31.2 Å². The van der Waals surface area contributed by atoms with Crippen molar-refractivity contribution in [2.24, 2.45) is 0 Å². The molecule has 1 aromatic carbocycles. The molecule has 0 saturated carbocycles. The van der Waals surface area contributed by atoms with Crippen molar-refractivity contribution < 1.29 is 9.53 Å². The van der Waals surface area contributed by atoms with Gasteiger partial charge in [0.2, 0.25) is 0 Å². The van der Waals surface area contributed by atoms with E-state index in [2.05, 4.69) is 23.3 Å². The van der Waals surface area contributed by atoms with Gasteiger partial charge in [-0.25, -0.2) is 9.78 Å². The molecule has 145 valence electrons. The number of carbonyl (C=O) groups excluding carboxylic acids is 1. The van der Waals surface area contributed by atoms with Crippen LogP contribution in [0.15, 0.2) is 36.4 Å². The molecule has 5 heteroatoms. The van der Waals surface area contributed by atoms with Crippen molar-refractivity contribution >= 4 is 11.8 Å². The third-order valence-corrected chi connectivity index (χ3v) is 4.28. The monoisotopic (exact) mass is 368 g/mol. The lowest BCUT2D eigenvalue weighted by molar-refractivity contribution is 0.247. The van der Waals surface area contributed by atoms with Crippen molar-refractivity contribution in [2.75, 3.05) is 25.1 Å². The first-order valence-corrected chi connectivity index (χ1v) is 9.79. The summed E-state index contributed by atoms with van der Waals surface area (Å²) in [6, 6.07) is 14.4. The maximum atomic E-state index is 12.4. The van der Waals surface area contributed by atoms with Gasteiger partial charge in [-0.05, 0) is 31.5 Å². The van der Waals surface area contributed by atoms with Crippen LogP contribution in [-0.2, 0) is 0 Å². The fourth-order valence-electron chi connectivity index (χ4n) is 2.74. The fourth-order valence-corrected chi connectivity index (χ4v) is 2.74. The Bertz CT molecular complexity index is 718.